The average Bonchev–Trinajstić information content (AvgIpc) is 3.06. The van der Waals surface area contributed by atoms with E-state index in [-0.39, 0.29) is 11.5 Å². The van der Waals surface area contributed by atoms with Crippen molar-refractivity contribution < 1.29 is 9.53 Å². The van der Waals surface area contributed by atoms with Crippen LogP contribution in [0.2, 0.25) is 0 Å². The van der Waals surface area contributed by atoms with E-state index in [0.29, 0.717) is 30.4 Å². The number of nitrogens with zero attached hydrogens (tertiary/aromatic N) is 3. The molecule has 6 heteroatoms. The molecule has 130 valence electrons. The van der Waals surface area contributed by atoms with E-state index in [1.165, 1.54) is 17.8 Å². The third-order valence-electron chi connectivity index (χ3n) is 4.80. The number of rotatable bonds is 3. The quantitative estimate of drug-likeness (QED) is 0.787. The standard InChI is InChI=1S/C18H25N3O2S/c1-3-5-16-19-15(13-24-16)17(22)21-11-12-23-18(14-21)6-9-20(8-4-2)10-7-18/h13H,4,6-12,14H2,1-2H3. The van der Waals surface area contributed by atoms with Crippen LogP contribution in [0.4, 0.5) is 0 Å². The molecule has 0 atom stereocenters. The zero-order valence-corrected chi connectivity index (χ0v) is 15.3. The molecule has 5 nitrogen and oxygen atoms in total. The number of morpholine rings is 1. The molecule has 0 bridgehead atoms. The molecule has 1 amide bonds. The van der Waals surface area contributed by atoms with Gasteiger partial charge in [0.25, 0.3) is 5.91 Å². The first-order chi connectivity index (χ1) is 11.7. The van der Waals surface area contributed by atoms with Gasteiger partial charge in [-0.1, -0.05) is 12.8 Å². The molecule has 2 saturated heterocycles. The zero-order chi connectivity index (χ0) is 17.0. The molecule has 0 unspecified atom stereocenters. The molecule has 3 rings (SSSR count). The lowest BCUT2D eigenvalue weighted by Crippen LogP contribution is -2.58. The van der Waals surface area contributed by atoms with Crippen molar-refractivity contribution >= 4 is 17.2 Å². The molecule has 24 heavy (non-hydrogen) atoms. The van der Waals surface area contributed by atoms with E-state index in [1.807, 2.05) is 10.3 Å². The van der Waals surface area contributed by atoms with Gasteiger partial charge >= 0.3 is 0 Å². The Morgan fingerprint density at radius 2 is 2.21 bits per heavy atom. The lowest BCUT2D eigenvalue weighted by atomic mass is 9.89. The number of likely N-dealkylation sites (tertiary alicyclic amines) is 1. The molecule has 1 aromatic rings. The van der Waals surface area contributed by atoms with Crippen LogP contribution < -0.4 is 0 Å². The maximum atomic E-state index is 12.8. The SMILES string of the molecule is CC#Cc1nc(C(=O)N2CCOC3(CCN(CCC)CC3)C2)cs1. The Morgan fingerprint density at radius 3 is 2.92 bits per heavy atom. The topological polar surface area (TPSA) is 45.7 Å². The summed E-state index contributed by atoms with van der Waals surface area (Å²) in [6.07, 6.45) is 3.19. The molecule has 0 saturated carbocycles. The highest BCUT2D eigenvalue weighted by molar-refractivity contribution is 7.10. The summed E-state index contributed by atoms with van der Waals surface area (Å²) in [5.41, 5.74) is 0.346. The number of thiazole rings is 1. The smallest absolute Gasteiger partial charge is 0.273 e. The highest BCUT2D eigenvalue weighted by Gasteiger charge is 2.41. The minimum Gasteiger partial charge on any atom is -0.371 e. The number of piperidine rings is 1. The van der Waals surface area contributed by atoms with E-state index in [9.17, 15) is 4.79 Å². The molecule has 1 spiro atoms. The fourth-order valence-electron chi connectivity index (χ4n) is 3.52. The molecule has 0 N–H and O–H groups in total. The van der Waals surface area contributed by atoms with Crippen molar-refractivity contribution in [2.24, 2.45) is 0 Å². The monoisotopic (exact) mass is 347 g/mol. The van der Waals surface area contributed by atoms with E-state index in [0.717, 1.165) is 32.5 Å². The van der Waals surface area contributed by atoms with Crippen molar-refractivity contribution in [3.63, 3.8) is 0 Å². The Bertz CT molecular complexity index is 638. The Kier molecular flexibility index (Phi) is 5.54. The maximum Gasteiger partial charge on any atom is 0.273 e. The number of amides is 1. The van der Waals surface area contributed by atoms with E-state index in [2.05, 4.69) is 28.6 Å². The van der Waals surface area contributed by atoms with E-state index >= 15 is 0 Å². The summed E-state index contributed by atoms with van der Waals surface area (Å²) in [4.78, 5) is 21.5. The summed E-state index contributed by atoms with van der Waals surface area (Å²) in [6.45, 7) is 9.20. The van der Waals surface area contributed by atoms with Crippen molar-refractivity contribution in [3.05, 3.63) is 16.1 Å². The Balaban J connectivity index is 1.64. The van der Waals surface area contributed by atoms with Gasteiger partial charge in [0.15, 0.2) is 5.01 Å². The van der Waals surface area contributed by atoms with Crippen LogP contribution in [0.1, 0.15) is 48.6 Å². The predicted molar refractivity (Wildman–Crippen MR) is 95.2 cm³/mol. The summed E-state index contributed by atoms with van der Waals surface area (Å²) in [5, 5.41) is 2.52. The van der Waals surface area contributed by atoms with Gasteiger partial charge in [0.1, 0.15) is 5.69 Å². The van der Waals surface area contributed by atoms with Crippen molar-refractivity contribution in [1.82, 2.24) is 14.8 Å². The summed E-state index contributed by atoms with van der Waals surface area (Å²) in [6, 6.07) is 0. The first-order valence-corrected chi connectivity index (χ1v) is 9.57. The van der Waals surface area contributed by atoms with Gasteiger partial charge in [0.05, 0.1) is 18.8 Å². The molecule has 0 aromatic carbocycles. The van der Waals surface area contributed by atoms with Gasteiger partial charge < -0.3 is 14.5 Å². The number of carbonyl (C=O) groups is 1. The molecule has 0 radical (unpaired) electrons. The highest BCUT2D eigenvalue weighted by atomic mass is 32.1. The van der Waals surface area contributed by atoms with Crippen LogP contribution in [-0.2, 0) is 4.74 Å². The second-order valence-corrected chi connectivity index (χ2v) is 7.37. The van der Waals surface area contributed by atoms with Gasteiger partial charge in [-0.25, -0.2) is 4.98 Å². The first kappa shape index (κ1) is 17.4. The van der Waals surface area contributed by atoms with Crippen LogP contribution in [0, 0.1) is 11.8 Å². The van der Waals surface area contributed by atoms with Gasteiger partial charge in [-0.15, -0.1) is 11.3 Å². The second kappa shape index (κ2) is 7.64. The third-order valence-corrected chi connectivity index (χ3v) is 5.56. The van der Waals surface area contributed by atoms with Crippen LogP contribution in [0.15, 0.2) is 5.38 Å². The Morgan fingerprint density at radius 1 is 1.42 bits per heavy atom. The molecule has 2 aliphatic rings. The summed E-state index contributed by atoms with van der Waals surface area (Å²) < 4.78 is 6.13. The first-order valence-electron chi connectivity index (χ1n) is 8.70. The van der Waals surface area contributed by atoms with Gasteiger partial charge in [-0.05, 0) is 38.7 Å². The summed E-state index contributed by atoms with van der Waals surface area (Å²) >= 11 is 1.43. The van der Waals surface area contributed by atoms with Crippen molar-refractivity contribution in [1.29, 1.82) is 0 Å². The molecule has 2 fully saturated rings. The fraction of sp³-hybridized carbons (Fsp3) is 0.667. The number of aromatic nitrogens is 1. The van der Waals surface area contributed by atoms with E-state index in [1.54, 1.807) is 6.92 Å². The number of hydrogen-bond donors (Lipinski definition) is 0. The fourth-order valence-corrected chi connectivity index (χ4v) is 4.21. The zero-order valence-electron chi connectivity index (χ0n) is 14.5. The number of hydrogen-bond acceptors (Lipinski definition) is 5. The van der Waals surface area contributed by atoms with Gasteiger partial charge in [0, 0.05) is 25.0 Å². The molecular weight excluding hydrogens is 322 g/mol. The van der Waals surface area contributed by atoms with Crippen LogP contribution in [-0.4, -0.2) is 65.6 Å². The normalized spacial score (nSPS) is 20.7. The van der Waals surface area contributed by atoms with Crippen LogP contribution >= 0.6 is 11.3 Å². The largest absolute Gasteiger partial charge is 0.371 e. The Labute approximate surface area is 148 Å². The molecule has 0 aliphatic carbocycles. The van der Waals surface area contributed by atoms with Crippen molar-refractivity contribution in [2.75, 3.05) is 39.3 Å². The molecular formula is C18H25N3O2S. The molecule has 2 aliphatic heterocycles. The minimum atomic E-state index is -0.166. The number of ether oxygens (including phenoxy) is 1. The van der Waals surface area contributed by atoms with E-state index < -0.39 is 0 Å². The Hall–Kier alpha value is -1.42. The lowest BCUT2D eigenvalue weighted by molar-refractivity contribution is -0.127. The van der Waals surface area contributed by atoms with Gasteiger partial charge in [-0.3, -0.25) is 4.79 Å². The highest BCUT2D eigenvalue weighted by Crippen LogP contribution is 2.30. The van der Waals surface area contributed by atoms with Crippen LogP contribution in [0.5, 0.6) is 0 Å². The second-order valence-electron chi connectivity index (χ2n) is 6.51. The van der Waals surface area contributed by atoms with Crippen molar-refractivity contribution in [3.8, 4) is 11.8 Å². The molecule has 3 heterocycles. The third kappa shape index (κ3) is 3.80. The average molecular weight is 347 g/mol. The van der Waals surface area contributed by atoms with E-state index in [4.69, 9.17) is 4.74 Å². The minimum absolute atomic E-state index is 0.00839. The maximum absolute atomic E-state index is 12.8. The van der Waals surface area contributed by atoms with Gasteiger partial charge in [0.2, 0.25) is 0 Å². The molecule has 1 aromatic heterocycles. The number of carbonyl (C=O) groups excluding carboxylic acids is 1. The summed E-state index contributed by atoms with van der Waals surface area (Å²) in [5.74, 6) is 5.75. The van der Waals surface area contributed by atoms with Crippen molar-refractivity contribution in [2.45, 2.75) is 38.7 Å². The summed E-state index contributed by atoms with van der Waals surface area (Å²) in [7, 11) is 0. The van der Waals surface area contributed by atoms with Crippen LogP contribution in [0.25, 0.3) is 0 Å². The lowest BCUT2D eigenvalue weighted by Gasteiger charge is -2.47. The van der Waals surface area contributed by atoms with Crippen LogP contribution in [0.3, 0.4) is 0 Å². The predicted octanol–water partition coefficient (Wildman–Crippen LogP) is 2.23. The van der Waals surface area contributed by atoms with Gasteiger partial charge in [-0.2, -0.15) is 0 Å².